The first-order chi connectivity index (χ1) is 9.51. The molecule has 8 heteroatoms. The molecule has 20 heavy (non-hydrogen) atoms. The van der Waals surface area contributed by atoms with E-state index in [0.29, 0.717) is 16.3 Å². The number of hydrogen-bond acceptors (Lipinski definition) is 6. The Morgan fingerprint density at radius 2 is 2.30 bits per heavy atom. The number of thiophene rings is 1. The fourth-order valence-corrected chi connectivity index (χ4v) is 3.37. The van der Waals surface area contributed by atoms with E-state index in [1.807, 2.05) is 6.92 Å². The monoisotopic (exact) mass is 314 g/mol. The van der Waals surface area contributed by atoms with Gasteiger partial charge in [-0.3, -0.25) is 9.59 Å². The van der Waals surface area contributed by atoms with E-state index in [0.717, 1.165) is 16.6 Å². The molecule has 0 bridgehead atoms. The Kier molecular flexibility index (Phi) is 4.66. The number of rotatable bonds is 4. The summed E-state index contributed by atoms with van der Waals surface area (Å²) in [5.41, 5.74) is 0.347. The van der Waals surface area contributed by atoms with E-state index in [1.54, 1.807) is 13.0 Å². The second-order valence-corrected chi connectivity index (χ2v) is 6.35. The molecule has 1 saturated heterocycles. The van der Waals surface area contributed by atoms with Crippen LogP contribution < -0.4 is 10.6 Å². The van der Waals surface area contributed by atoms with Gasteiger partial charge in [-0.05, 0) is 19.9 Å². The number of ether oxygens (including phenoxy) is 1. The minimum atomic E-state index is -0.565. The summed E-state index contributed by atoms with van der Waals surface area (Å²) in [6.45, 7) is 3.84. The third kappa shape index (κ3) is 3.31. The van der Waals surface area contributed by atoms with Crippen LogP contribution in [-0.2, 0) is 9.53 Å². The van der Waals surface area contributed by atoms with Gasteiger partial charge in [0.05, 0.1) is 12.2 Å². The first-order valence-electron chi connectivity index (χ1n) is 6.03. The van der Waals surface area contributed by atoms with Crippen molar-refractivity contribution in [1.29, 1.82) is 0 Å². The Morgan fingerprint density at radius 1 is 1.55 bits per heavy atom. The summed E-state index contributed by atoms with van der Waals surface area (Å²) in [5.74, 6) is -0.392. The van der Waals surface area contributed by atoms with Crippen LogP contribution in [0.3, 0.4) is 0 Å². The molecule has 2 heterocycles. The molecule has 108 valence electrons. The number of esters is 1. The number of anilines is 1. The molecule has 1 unspecified atom stereocenters. The number of amides is 2. The number of nitrogens with one attached hydrogen (secondary N) is 2. The highest BCUT2D eigenvalue weighted by molar-refractivity contribution is 8.14. The van der Waals surface area contributed by atoms with Gasteiger partial charge in [0.1, 0.15) is 11.0 Å². The molecule has 2 N–H and O–H groups in total. The Hall–Kier alpha value is -1.54. The molecule has 2 rings (SSSR count). The van der Waals surface area contributed by atoms with Crippen LogP contribution >= 0.6 is 23.1 Å². The molecular formula is C12H14N2O4S2. The molecule has 0 spiro atoms. The lowest BCUT2D eigenvalue weighted by molar-refractivity contribution is -0.117. The van der Waals surface area contributed by atoms with E-state index in [1.165, 1.54) is 11.3 Å². The number of hydrogen-bond donors (Lipinski definition) is 2. The Labute approximate surface area is 124 Å². The summed E-state index contributed by atoms with van der Waals surface area (Å²) in [5, 5.41) is 5.48. The van der Waals surface area contributed by atoms with Crippen LogP contribution in [0, 0.1) is 6.92 Å². The van der Waals surface area contributed by atoms with Gasteiger partial charge >= 0.3 is 5.97 Å². The molecule has 0 aromatic carbocycles. The van der Waals surface area contributed by atoms with Crippen LogP contribution in [-0.4, -0.2) is 35.5 Å². The van der Waals surface area contributed by atoms with Crippen LogP contribution in [0.5, 0.6) is 0 Å². The number of carbonyl (C=O) groups excluding carboxylic acids is 3. The van der Waals surface area contributed by atoms with Crippen LogP contribution in [0.15, 0.2) is 6.07 Å². The second-order valence-electron chi connectivity index (χ2n) is 4.10. The highest BCUT2D eigenvalue weighted by Crippen LogP contribution is 2.29. The lowest BCUT2D eigenvalue weighted by Gasteiger charge is -2.10. The average molecular weight is 314 g/mol. The van der Waals surface area contributed by atoms with Gasteiger partial charge in [0, 0.05) is 10.6 Å². The zero-order valence-corrected chi connectivity index (χ0v) is 12.7. The normalized spacial score (nSPS) is 17.7. The number of carbonyl (C=O) groups is 3. The predicted octanol–water partition coefficient (Wildman–Crippen LogP) is 2.00. The Bertz CT molecular complexity index is 556. The Morgan fingerprint density at radius 3 is 2.90 bits per heavy atom. The minimum absolute atomic E-state index is 0.210. The van der Waals surface area contributed by atoms with E-state index in [2.05, 4.69) is 10.6 Å². The SMILES string of the molecule is CCOC(=O)c1cc(C)sc1NC(=O)C1CSC(=O)N1. The van der Waals surface area contributed by atoms with Crippen LogP contribution in [0.1, 0.15) is 22.2 Å². The van der Waals surface area contributed by atoms with E-state index < -0.39 is 12.0 Å². The maximum absolute atomic E-state index is 12.0. The molecule has 1 atom stereocenters. The lowest BCUT2D eigenvalue weighted by atomic mass is 10.2. The van der Waals surface area contributed by atoms with Crippen LogP contribution in [0.25, 0.3) is 0 Å². The van der Waals surface area contributed by atoms with E-state index in [9.17, 15) is 14.4 Å². The molecule has 6 nitrogen and oxygen atoms in total. The van der Waals surface area contributed by atoms with E-state index in [-0.39, 0.29) is 17.8 Å². The van der Waals surface area contributed by atoms with Gasteiger partial charge in [-0.1, -0.05) is 11.8 Å². The van der Waals surface area contributed by atoms with Crippen LogP contribution in [0.4, 0.5) is 9.80 Å². The average Bonchev–Trinajstić information content (AvgIpc) is 2.96. The van der Waals surface area contributed by atoms with Crippen molar-refractivity contribution >= 4 is 45.2 Å². The summed E-state index contributed by atoms with van der Waals surface area (Å²) in [4.78, 5) is 35.8. The fraction of sp³-hybridized carbons (Fsp3) is 0.417. The highest BCUT2D eigenvalue weighted by atomic mass is 32.2. The van der Waals surface area contributed by atoms with Crippen molar-refractivity contribution in [3.63, 3.8) is 0 Å². The highest BCUT2D eigenvalue weighted by Gasteiger charge is 2.29. The molecular weight excluding hydrogens is 300 g/mol. The van der Waals surface area contributed by atoms with Crippen molar-refractivity contribution in [2.24, 2.45) is 0 Å². The first-order valence-corrected chi connectivity index (χ1v) is 7.83. The summed E-state index contributed by atoms with van der Waals surface area (Å²) in [7, 11) is 0. The number of aryl methyl sites for hydroxylation is 1. The lowest BCUT2D eigenvalue weighted by Crippen LogP contribution is -2.38. The molecule has 0 radical (unpaired) electrons. The zero-order chi connectivity index (χ0) is 14.7. The van der Waals surface area contributed by atoms with Gasteiger partial charge in [-0.25, -0.2) is 4.79 Å². The second kappa shape index (κ2) is 6.27. The first kappa shape index (κ1) is 14.9. The van der Waals surface area contributed by atoms with Gasteiger partial charge in [0.25, 0.3) is 5.24 Å². The number of thioether (sulfide) groups is 1. The molecule has 0 saturated carbocycles. The van der Waals surface area contributed by atoms with Crippen molar-refractivity contribution in [2.75, 3.05) is 17.7 Å². The van der Waals surface area contributed by atoms with Crippen molar-refractivity contribution in [3.05, 3.63) is 16.5 Å². The molecule has 1 fully saturated rings. The third-order valence-electron chi connectivity index (χ3n) is 2.58. The topological polar surface area (TPSA) is 84.5 Å². The quantitative estimate of drug-likeness (QED) is 0.830. The van der Waals surface area contributed by atoms with Crippen molar-refractivity contribution in [1.82, 2.24) is 5.32 Å². The maximum atomic E-state index is 12.0. The smallest absolute Gasteiger partial charge is 0.341 e. The summed E-state index contributed by atoms with van der Waals surface area (Å²) in [6, 6.07) is 1.12. The fourth-order valence-electron chi connectivity index (χ4n) is 1.69. The van der Waals surface area contributed by atoms with E-state index in [4.69, 9.17) is 4.74 Å². The van der Waals surface area contributed by atoms with Crippen molar-refractivity contribution in [3.8, 4) is 0 Å². The predicted molar refractivity (Wildman–Crippen MR) is 78.4 cm³/mol. The van der Waals surface area contributed by atoms with E-state index >= 15 is 0 Å². The zero-order valence-electron chi connectivity index (χ0n) is 11.0. The molecule has 2 amide bonds. The summed E-state index contributed by atoms with van der Waals surface area (Å²) < 4.78 is 4.95. The summed E-state index contributed by atoms with van der Waals surface area (Å²) in [6.07, 6.45) is 0. The standard InChI is InChI=1S/C12H14N2O4S2/c1-3-18-11(16)7-4-6(2)20-10(7)14-9(15)8-5-19-12(17)13-8/h4,8H,3,5H2,1-2H3,(H,13,17)(H,14,15). The van der Waals surface area contributed by atoms with Gasteiger partial charge in [0.15, 0.2) is 0 Å². The van der Waals surface area contributed by atoms with Gasteiger partial charge in [-0.2, -0.15) is 0 Å². The third-order valence-corrected chi connectivity index (χ3v) is 4.42. The summed E-state index contributed by atoms with van der Waals surface area (Å²) >= 11 is 2.37. The largest absolute Gasteiger partial charge is 0.462 e. The molecule has 0 aliphatic carbocycles. The molecule has 1 aromatic rings. The minimum Gasteiger partial charge on any atom is -0.462 e. The van der Waals surface area contributed by atoms with Crippen molar-refractivity contribution in [2.45, 2.75) is 19.9 Å². The van der Waals surface area contributed by atoms with Crippen molar-refractivity contribution < 1.29 is 19.1 Å². The molecule has 1 aromatic heterocycles. The van der Waals surface area contributed by atoms with Gasteiger partial charge in [0.2, 0.25) is 5.91 Å². The van der Waals surface area contributed by atoms with Crippen LogP contribution in [0.2, 0.25) is 0 Å². The van der Waals surface area contributed by atoms with Gasteiger partial charge < -0.3 is 15.4 Å². The molecule has 1 aliphatic heterocycles. The molecule has 1 aliphatic rings. The maximum Gasteiger partial charge on any atom is 0.341 e. The Balaban J connectivity index is 2.10. The van der Waals surface area contributed by atoms with Gasteiger partial charge in [-0.15, -0.1) is 11.3 Å².